The molecule has 0 radical (unpaired) electrons. The number of nitrogens with zero attached hydrogens (tertiary/aromatic N) is 6. The normalized spacial score (nSPS) is 20.6. The molecule has 186 valence electrons. The van der Waals surface area contributed by atoms with Gasteiger partial charge in [-0.05, 0) is 38.7 Å². The van der Waals surface area contributed by atoms with Crippen molar-refractivity contribution in [3.8, 4) is 10.7 Å². The van der Waals surface area contributed by atoms with E-state index < -0.39 is 17.4 Å². The number of aromatic nitrogens is 4. The first kappa shape index (κ1) is 22.9. The molecule has 1 atom stereocenters. The zero-order valence-corrected chi connectivity index (χ0v) is 20.7. The lowest BCUT2D eigenvalue weighted by Crippen LogP contribution is -2.49. The SMILES string of the molecule is CC1(NS(=O)c2cc(N3CCN(C(=O)C4CC4)CC3)c3ncc(-c4nnc(C(F)F)s4)n3c2)CC1. The summed E-state index contributed by atoms with van der Waals surface area (Å²) >= 11 is 0.819. The summed E-state index contributed by atoms with van der Waals surface area (Å²) in [6, 6.07) is 1.88. The minimum absolute atomic E-state index is 0.141. The Morgan fingerprint density at radius 1 is 1.23 bits per heavy atom. The summed E-state index contributed by atoms with van der Waals surface area (Å²) in [5.41, 5.74) is 1.79. The number of amides is 1. The molecule has 0 spiro atoms. The maximum Gasteiger partial charge on any atom is 0.291 e. The zero-order valence-electron chi connectivity index (χ0n) is 19.1. The Hall–Kier alpha value is -2.51. The van der Waals surface area contributed by atoms with Crippen LogP contribution < -0.4 is 9.62 Å². The Morgan fingerprint density at radius 2 is 1.97 bits per heavy atom. The molecule has 4 heterocycles. The third-order valence-electron chi connectivity index (χ3n) is 6.82. The fraction of sp³-hybridized carbons (Fsp3) is 0.545. The summed E-state index contributed by atoms with van der Waals surface area (Å²) in [5.74, 6) is 0.425. The van der Waals surface area contributed by atoms with Gasteiger partial charge in [-0.25, -0.2) is 22.7 Å². The highest BCUT2D eigenvalue weighted by atomic mass is 32.2. The molecule has 3 aromatic heterocycles. The molecule has 3 aliphatic rings. The summed E-state index contributed by atoms with van der Waals surface area (Å²) in [6.45, 7) is 4.54. The van der Waals surface area contributed by atoms with E-state index in [1.165, 1.54) is 0 Å². The number of alkyl halides is 2. The summed E-state index contributed by atoms with van der Waals surface area (Å²) in [4.78, 5) is 21.7. The molecule has 35 heavy (non-hydrogen) atoms. The van der Waals surface area contributed by atoms with E-state index in [2.05, 4.69) is 24.8 Å². The number of fused-ring (bicyclic) bond motifs is 1. The number of rotatable bonds is 7. The summed E-state index contributed by atoms with van der Waals surface area (Å²) in [6.07, 6.45) is 4.50. The fourth-order valence-corrected chi connectivity index (χ4v) is 6.19. The Morgan fingerprint density at radius 3 is 2.60 bits per heavy atom. The topological polar surface area (TPSA) is 95.7 Å². The lowest BCUT2D eigenvalue weighted by atomic mass is 10.2. The van der Waals surface area contributed by atoms with Gasteiger partial charge in [0, 0.05) is 43.8 Å². The standard InChI is InChI=1S/C22H25F2N7O2S2/c1-22(4-5-22)28-35(33)14-10-15(29-6-8-30(9-7-29)21(32)13-2-3-13)18-25-11-16(31(18)12-14)19-26-27-20(34-19)17(23)24/h10-13,17,28H,2-9H2,1H3. The molecule has 13 heteroatoms. The molecular formula is C22H25F2N7O2S2. The van der Waals surface area contributed by atoms with Gasteiger partial charge in [-0.2, -0.15) is 0 Å². The van der Waals surface area contributed by atoms with E-state index >= 15 is 0 Å². The van der Waals surface area contributed by atoms with Crippen molar-refractivity contribution >= 4 is 39.6 Å². The second-order valence-corrected chi connectivity index (χ2v) is 11.9. The van der Waals surface area contributed by atoms with Gasteiger partial charge in [-0.1, -0.05) is 11.3 Å². The second kappa shape index (κ2) is 8.56. The van der Waals surface area contributed by atoms with Gasteiger partial charge in [0.2, 0.25) is 5.91 Å². The molecule has 1 aliphatic heterocycles. The van der Waals surface area contributed by atoms with Crippen molar-refractivity contribution in [1.82, 2.24) is 29.2 Å². The maximum atomic E-state index is 13.2. The molecule has 1 saturated heterocycles. The van der Waals surface area contributed by atoms with Crippen LogP contribution in [0.15, 0.2) is 23.4 Å². The van der Waals surface area contributed by atoms with Crippen molar-refractivity contribution in [2.75, 3.05) is 31.1 Å². The molecule has 1 unspecified atom stereocenters. The van der Waals surface area contributed by atoms with Gasteiger partial charge in [-0.15, -0.1) is 10.2 Å². The lowest BCUT2D eigenvalue weighted by Gasteiger charge is -2.36. The fourth-order valence-electron chi connectivity index (χ4n) is 4.29. The molecule has 0 bridgehead atoms. The molecule has 9 nitrogen and oxygen atoms in total. The van der Waals surface area contributed by atoms with Gasteiger partial charge < -0.3 is 9.80 Å². The highest BCUT2D eigenvalue weighted by Gasteiger charge is 2.39. The second-order valence-electron chi connectivity index (χ2n) is 9.66. The molecular weight excluding hydrogens is 496 g/mol. The summed E-state index contributed by atoms with van der Waals surface area (Å²) in [5, 5.41) is 7.52. The Kier molecular flexibility index (Phi) is 5.60. The monoisotopic (exact) mass is 521 g/mol. The molecule has 2 aliphatic carbocycles. The van der Waals surface area contributed by atoms with Crippen molar-refractivity contribution in [3.05, 3.63) is 23.5 Å². The van der Waals surface area contributed by atoms with Crippen LogP contribution in [0.1, 0.15) is 44.0 Å². The van der Waals surface area contributed by atoms with Gasteiger partial charge in [0.05, 0.1) is 16.8 Å². The van der Waals surface area contributed by atoms with Crippen LogP contribution in [0.2, 0.25) is 0 Å². The van der Waals surface area contributed by atoms with Crippen molar-refractivity contribution in [1.29, 1.82) is 0 Å². The molecule has 3 aromatic rings. The number of anilines is 1. The predicted octanol–water partition coefficient (Wildman–Crippen LogP) is 3.01. The molecule has 6 rings (SSSR count). The first-order chi connectivity index (χ1) is 16.8. The van der Waals surface area contributed by atoms with Gasteiger partial charge in [0.25, 0.3) is 6.43 Å². The number of carbonyl (C=O) groups is 1. The Bertz CT molecular complexity index is 1310. The third-order valence-corrected chi connectivity index (χ3v) is 9.10. The van der Waals surface area contributed by atoms with Crippen molar-refractivity contribution in [3.63, 3.8) is 0 Å². The zero-order chi connectivity index (χ0) is 24.3. The first-order valence-electron chi connectivity index (χ1n) is 11.7. The van der Waals surface area contributed by atoms with Crippen molar-refractivity contribution < 1.29 is 17.8 Å². The van der Waals surface area contributed by atoms with Crippen LogP contribution in [-0.4, -0.2) is 66.3 Å². The minimum atomic E-state index is -2.70. The van der Waals surface area contributed by atoms with Crippen LogP contribution in [0.25, 0.3) is 16.3 Å². The maximum absolute atomic E-state index is 13.2. The number of imidazole rings is 1. The highest BCUT2D eigenvalue weighted by Crippen LogP contribution is 2.37. The lowest BCUT2D eigenvalue weighted by molar-refractivity contribution is -0.132. The number of hydrogen-bond acceptors (Lipinski definition) is 7. The molecule has 3 fully saturated rings. The van der Waals surface area contributed by atoms with Gasteiger partial charge in [0.1, 0.15) is 16.7 Å². The van der Waals surface area contributed by atoms with E-state index in [9.17, 15) is 17.8 Å². The van der Waals surface area contributed by atoms with Gasteiger partial charge in [-0.3, -0.25) is 9.20 Å². The quantitative estimate of drug-likeness (QED) is 0.514. The number of nitrogens with one attached hydrogen (secondary N) is 1. The number of halogens is 2. The van der Waals surface area contributed by atoms with E-state index in [1.807, 2.05) is 17.9 Å². The van der Waals surface area contributed by atoms with Crippen molar-refractivity contribution in [2.24, 2.45) is 5.92 Å². The Balaban J connectivity index is 1.36. The number of pyridine rings is 1. The average Bonchev–Trinajstić information content (AvgIpc) is 3.72. The largest absolute Gasteiger partial charge is 0.365 e. The van der Waals surface area contributed by atoms with Gasteiger partial charge in [0.15, 0.2) is 15.7 Å². The van der Waals surface area contributed by atoms with Crippen LogP contribution in [0.4, 0.5) is 14.5 Å². The third kappa shape index (κ3) is 4.45. The summed E-state index contributed by atoms with van der Waals surface area (Å²) in [7, 11) is -1.47. The van der Waals surface area contributed by atoms with E-state index in [0.717, 1.165) is 42.7 Å². The molecule has 2 saturated carbocycles. The van der Waals surface area contributed by atoms with E-state index in [0.29, 0.717) is 47.4 Å². The van der Waals surface area contributed by atoms with Crippen LogP contribution in [0, 0.1) is 5.92 Å². The smallest absolute Gasteiger partial charge is 0.291 e. The molecule has 0 aromatic carbocycles. The van der Waals surface area contributed by atoms with Crippen molar-refractivity contribution in [2.45, 2.75) is 49.5 Å². The average molecular weight is 522 g/mol. The molecule has 1 amide bonds. The van der Waals surface area contributed by atoms with Crippen LogP contribution in [-0.2, 0) is 15.8 Å². The first-order valence-corrected chi connectivity index (χ1v) is 13.6. The van der Waals surface area contributed by atoms with Crippen LogP contribution in [0.5, 0.6) is 0 Å². The number of carbonyl (C=O) groups excluding carboxylic acids is 1. The van der Waals surface area contributed by atoms with E-state index in [-0.39, 0.29) is 22.4 Å². The van der Waals surface area contributed by atoms with Crippen LogP contribution >= 0.6 is 11.3 Å². The molecule has 1 N–H and O–H groups in total. The number of hydrogen-bond donors (Lipinski definition) is 1. The highest BCUT2D eigenvalue weighted by molar-refractivity contribution is 7.83. The summed E-state index contributed by atoms with van der Waals surface area (Å²) < 4.78 is 44.4. The minimum Gasteiger partial charge on any atom is -0.365 e. The Labute approximate surface area is 207 Å². The number of piperazine rings is 1. The van der Waals surface area contributed by atoms with Gasteiger partial charge >= 0.3 is 0 Å². The van der Waals surface area contributed by atoms with Crippen LogP contribution in [0.3, 0.4) is 0 Å². The predicted molar refractivity (Wildman–Crippen MR) is 128 cm³/mol. The van der Waals surface area contributed by atoms with E-state index in [1.54, 1.807) is 16.8 Å². The van der Waals surface area contributed by atoms with E-state index in [4.69, 9.17) is 0 Å².